The van der Waals surface area contributed by atoms with Crippen LogP contribution in [0.5, 0.6) is 0 Å². The minimum atomic E-state index is -1.55. The summed E-state index contributed by atoms with van der Waals surface area (Å²) >= 11 is 0. The van der Waals surface area contributed by atoms with Gasteiger partial charge < -0.3 is 14.9 Å². The molecule has 354 valence electrons. The van der Waals surface area contributed by atoms with Gasteiger partial charge in [-0.25, -0.2) is 9.80 Å². The number of carboxylic acid groups (broad SMARTS) is 1. The van der Waals surface area contributed by atoms with E-state index in [1.54, 1.807) is 0 Å². The summed E-state index contributed by atoms with van der Waals surface area (Å²) in [6.45, 7) is 11.4. The Morgan fingerprint density at radius 3 is 1.25 bits per heavy atom. The lowest BCUT2D eigenvalue weighted by Gasteiger charge is -2.37. The lowest BCUT2D eigenvalue weighted by molar-refractivity contribution is -0.264. The molecule has 0 fully saturated rings. The molecule has 1 N–H and O–H groups in total. The van der Waals surface area contributed by atoms with Gasteiger partial charge in [0.1, 0.15) is 0 Å². The van der Waals surface area contributed by atoms with E-state index in [1.807, 2.05) is 42.9 Å². The van der Waals surface area contributed by atoms with Crippen LogP contribution in [-0.4, -0.2) is 124 Å². The Kier molecular flexibility index (Phi) is 22.7. The van der Waals surface area contributed by atoms with E-state index in [1.165, 1.54) is 0 Å². The number of rotatable bonds is 27. The van der Waals surface area contributed by atoms with E-state index >= 15 is 0 Å². The highest BCUT2D eigenvalue weighted by Crippen LogP contribution is 2.39. The Bertz CT molecular complexity index is 1710. The van der Waals surface area contributed by atoms with Crippen molar-refractivity contribution in [2.75, 3.05) is 97.1 Å². The normalized spacial score (nSPS) is 15.1. The van der Waals surface area contributed by atoms with Crippen LogP contribution in [0.15, 0.2) is 66.7 Å². The fourth-order valence-electron chi connectivity index (χ4n) is 7.85. The molecule has 64 heavy (non-hydrogen) atoms. The fourth-order valence-corrected chi connectivity index (χ4v) is 9.13. The second-order valence-corrected chi connectivity index (χ2v) is 18.8. The summed E-state index contributed by atoms with van der Waals surface area (Å²) in [5.41, 5.74) is 4.26. The van der Waals surface area contributed by atoms with Crippen molar-refractivity contribution in [1.82, 2.24) is 14.7 Å². The molecule has 1 aliphatic rings. The van der Waals surface area contributed by atoms with Crippen LogP contribution in [0.1, 0.15) is 113 Å². The van der Waals surface area contributed by atoms with Gasteiger partial charge in [0.25, 0.3) is 0 Å². The number of aliphatic carboxylic acids is 1. The van der Waals surface area contributed by atoms with Gasteiger partial charge in [-0.3, -0.25) is 28.6 Å². The van der Waals surface area contributed by atoms with Crippen molar-refractivity contribution in [3.8, 4) is 0 Å². The van der Waals surface area contributed by atoms with Gasteiger partial charge in [-0.1, -0.05) is 105 Å². The number of unbranched alkanes of at least 4 members (excludes halogenated alkanes) is 4. The van der Waals surface area contributed by atoms with Crippen LogP contribution in [0, 0.1) is 0 Å². The van der Waals surface area contributed by atoms with Crippen molar-refractivity contribution in [3.63, 3.8) is 0 Å². The van der Waals surface area contributed by atoms with Crippen LogP contribution in [0.25, 0.3) is 0 Å². The molecule has 15 heteroatoms. The number of fused-ring (bicyclic) bond motifs is 2. The Morgan fingerprint density at radius 2 is 0.953 bits per heavy atom. The SMILES string of the molecule is CCCCOC(OCCCC)([PH+]=O)N1CCN(CC(=O)O)CCN(C(OCCCC)(OCCCC)[PH+]=O)Cc2cc(cc(C(c3ccc(N(C)C)cc3)c3ccc(N(C)C)cc3)c2)C1. The average Bonchev–Trinajstić information content (AvgIpc) is 3.28. The molecule has 2 bridgehead atoms. The van der Waals surface area contributed by atoms with Crippen molar-refractivity contribution >= 4 is 34.3 Å². The van der Waals surface area contributed by atoms with E-state index in [9.17, 15) is 19.0 Å². The first kappa shape index (κ1) is 53.3. The zero-order valence-corrected chi connectivity index (χ0v) is 41.9. The molecule has 0 aromatic heterocycles. The lowest BCUT2D eigenvalue weighted by atomic mass is 9.83. The molecule has 2 unspecified atom stereocenters. The molecule has 1 heterocycles. The third-order valence-electron chi connectivity index (χ3n) is 11.6. The summed E-state index contributed by atoms with van der Waals surface area (Å²) < 4.78 is 53.5. The largest absolute Gasteiger partial charge is 0.480 e. The first-order valence-corrected chi connectivity index (χ1v) is 25.2. The molecule has 0 saturated heterocycles. The maximum Gasteiger partial charge on any atom is 0.440 e. The van der Waals surface area contributed by atoms with E-state index in [-0.39, 0.29) is 12.5 Å². The summed E-state index contributed by atoms with van der Waals surface area (Å²) in [5, 5.41) is 10.2. The van der Waals surface area contributed by atoms with E-state index in [0.29, 0.717) is 65.7 Å². The number of hydrogen-bond donors (Lipinski definition) is 1. The van der Waals surface area contributed by atoms with Crippen LogP contribution >= 0.6 is 16.9 Å². The smallest absolute Gasteiger partial charge is 0.440 e. The Hall–Kier alpha value is -3.35. The number of carboxylic acids is 1. The second-order valence-electron chi connectivity index (χ2n) is 17.2. The monoisotopic (exact) mass is 926 g/mol. The van der Waals surface area contributed by atoms with Crippen LogP contribution in [-0.2, 0) is 46.0 Å². The maximum absolute atomic E-state index is 13.7. The molecule has 0 amide bonds. The Balaban J connectivity index is 2.02. The zero-order valence-electron chi connectivity index (χ0n) is 39.9. The standard InChI is InChI=1S/C49H75N5O8P2/c1-9-13-29-59-48(63-57,60-30-14-10-2)53-27-25-52(38-46(55)56)26-28-54(49(64-58,61-31-15-11-3)62-32-16-12-4)37-40-33-39(36-53)34-43(35-40)47(41-17-21-44(22-18-41)50(5)6)42-19-23-45(24-20-42)51(7)8/h17-24,33-35,47H,9-16,25-32,36-38H2,1-8H3,(H,55,56)/p+2. The van der Waals surface area contributed by atoms with Crippen molar-refractivity contribution in [2.24, 2.45) is 0 Å². The van der Waals surface area contributed by atoms with Gasteiger partial charge in [0.2, 0.25) is 0 Å². The van der Waals surface area contributed by atoms with Crippen LogP contribution in [0.2, 0.25) is 0 Å². The molecule has 3 aromatic carbocycles. The van der Waals surface area contributed by atoms with Crippen molar-refractivity contribution in [3.05, 3.63) is 94.5 Å². The third kappa shape index (κ3) is 15.4. The molecule has 0 radical (unpaired) electrons. The van der Waals surface area contributed by atoms with Gasteiger partial charge in [-0.15, -0.1) is 0 Å². The van der Waals surface area contributed by atoms with Crippen molar-refractivity contribution in [1.29, 1.82) is 0 Å². The Morgan fingerprint density at radius 1 is 0.594 bits per heavy atom. The number of anilines is 2. The average molecular weight is 926 g/mol. The zero-order chi connectivity index (χ0) is 46.5. The van der Waals surface area contributed by atoms with E-state index in [4.69, 9.17) is 18.9 Å². The molecule has 2 atom stereocenters. The molecule has 1 aliphatic heterocycles. The minimum Gasteiger partial charge on any atom is -0.480 e. The third-order valence-corrected chi connectivity index (χ3v) is 13.4. The fraction of sp³-hybridized carbons (Fsp3) is 0.612. The summed E-state index contributed by atoms with van der Waals surface area (Å²) in [6.07, 6.45) is 6.63. The van der Waals surface area contributed by atoms with Gasteiger partial charge in [-0.2, -0.15) is 0 Å². The van der Waals surface area contributed by atoms with E-state index in [2.05, 4.69) is 104 Å². The molecular formula is C49H77N5O8P2+2. The highest BCUT2D eigenvalue weighted by Gasteiger charge is 2.51. The maximum atomic E-state index is 13.7. The lowest BCUT2D eigenvalue weighted by Crippen LogP contribution is -2.54. The molecule has 0 saturated carbocycles. The summed E-state index contributed by atoms with van der Waals surface area (Å²) in [4.78, 5) is 22.5. The highest BCUT2D eigenvalue weighted by molar-refractivity contribution is 7.25. The van der Waals surface area contributed by atoms with Gasteiger partial charge in [0.05, 0.1) is 33.0 Å². The Labute approximate surface area is 386 Å². The summed E-state index contributed by atoms with van der Waals surface area (Å²) in [7, 11) is 6.21. The predicted octanol–water partition coefficient (Wildman–Crippen LogP) is 9.54. The van der Waals surface area contributed by atoms with Crippen molar-refractivity contribution < 1.29 is 38.0 Å². The topological polar surface area (TPSA) is 125 Å². The minimum absolute atomic E-state index is 0.174. The van der Waals surface area contributed by atoms with Gasteiger partial charge in [0.15, 0.2) is 0 Å². The number of carbonyl (C=O) groups is 1. The van der Waals surface area contributed by atoms with Crippen molar-refractivity contribution in [2.45, 2.75) is 109 Å². The van der Waals surface area contributed by atoms with Gasteiger partial charge in [-0.05, 0) is 77.8 Å². The number of nitrogens with zero attached hydrogens (tertiary/aromatic N) is 5. The number of hydrogen-bond acceptors (Lipinski definition) is 12. The molecule has 13 nitrogen and oxygen atoms in total. The number of ether oxygens (including phenoxy) is 4. The van der Waals surface area contributed by atoms with Crippen LogP contribution in [0.4, 0.5) is 11.4 Å². The highest BCUT2D eigenvalue weighted by atomic mass is 31.1. The van der Waals surface area contributed by atoms with Gasteiger partial charge in [0, 0.05) is 84.8 Å². The molecule has 3 aromatic rings. The first-order chi connectivity index (χ1) is 30.9. The van der Waals surface area contributed by atoms with Crippen LogP contribution in [0.3, 0.4) is 0 Å². The van der Waals surface area contributed by atoms with Crippen LogP contribution < -0.4 is 9.80 Å². The predicted molar refractivity (Wildman–Crippen MR) is 261 cm³/mol. The quantitative estimate of drug-likeness (QED) is 0.0338. The molecule has 0 aliphatic carbocycles. The number of benzene rings is 3. The summed E-state index contributed by atoms with van der Waals surface area (Å²) in [6, 6.07) is 24.0. The van der Waals surface area contributed by atoms with E-state index < -0.39 is 34.2 Å². The van der Waals surface area contributed by atoms with E-state index in [0.717, 1.165) is 90.6 Å². The second kappa shape index (κ2) is 27.3. The molecular weight excluding hydrogens is 849 g/mol. The summed E-state index contributed by atoms with van der Waals surface area (Å²) in [5.74, 6) is -1.14. The molecule has 4 rings (SSSR count). The first-order valence-electron chi connectivity index (χ1n) is 23.3. The van der Waals surface area contributed by atoms with Gasteiger partial charge >= 0.3 is 34.2 Å². The molecule has 0 spiro atoms.